The second-order valence-electron chi connectivity index (χ2n) is 14.3. The van der Waals surface area contributed by atoms with Crippen molar-refractivity contribution in [2.45, 2.75) is 108 Å². The predicted molar refractivity (Wildman–Crippen MR) is 177 cm³/mol. The summed E-state index contributed by atoms with van der Waals surface area (Å²) in [6, 6.07) is 3.62. The van der Waals surface area contributed by atoms with Crippen LogP contribution in [0.2, 0.25) is 0 Å². The van der Waals surface area contributed by atoms with Gasteiger partial charge in [-0.05, 0) is 75.4 Å². The van der Waals surface area contributed by atoms with E-state index in [1.54, 1.807) is 52.0 Å². The predicted octanol–water partition coefficient (Wildman–Crippen LogP) is 2.18. The van der Waals surface area contributed by atoms with Crippen molar-refractivity contribution >= 4 is 33.8 Å². The molecule has 51 heavy (non-hydrogen) atoms. The van der Waals surface area contributed by atoms with Gasteiger partial charge >= 0.3 is 6.09 Å². The number of ether oxygens (including phenoxy) is 2. The van der Waals surface area contributed by atoms with Gasteiger partial charge in [0.05, 0.1) is 24.3 Å². The molecule has 2 heterocycles. The first-order valence-electron chi connectivity index (χ1n) is 16.8. The van der Waals surface area contributed by atoms with Crippen LogP contribution in [0.3, 0.4) is 0 Å². The van der Waals surface area contributed by atoms with Gasteiger partial charge in [0.2, 0.25) is 34.1 Å². The molecule has 5 rings (SSSR count). The fraction of sp³-hybridized carbons (Fsp3) is 0.656. The number of methoxy groups -OCH3 is 1. The van der Waals surface area contributed by atoms with E-state index < -0.39 is 93.0 Å². The summed E-state index contributed by atoms with van der Waals surface area (Å²) < 4.78 is 65.6. The van der Waals surface area contributed by atoms with E-state index in [9.17, 15) is 36.4 Å². The molecule has 0 bridgehead atoms. The molecule has 3 N–H and O–H groups in total. The smallest absolute Gasteiger partial charge is 0.408 e. The van der Waals surface area contributed by atoms with Crippen LogP contribution in [-0.4, -0.2) is 106 Å². The van der Waals surface area contributed by atoms with Gasteiger partial charge in [0.15, 0.2) is 0 Å². The Morgan fingerprint density at radius 1 is 1.12 bits per heavy atom. The molecule has 0 spiro atoms. The Balaban J connectivity index is 1.44. The number of rotatable bonds is 13. The van der Waals surface area contributed by atoms with Gasteiger partial charge in [-0.3, -0.25) is 19.1 Å². The zero-order valence-electron chi connectivity index (χ0n) is 29.3. The zero-order chi connectivity index (χ0) is 37.5. The number of carbonyl (C=O) groups excluding carboxylic acids is 4. The number of alkyl halides is 2. The summed E-state index contributed by atoms with van der Waals surface area (Å²) >= 11 is 0. The van der Waals surface area contributed by atoms with Crippen LogP contribution in [0.4, 0.5) is 13.6 Å². The van der Waals surface area contributed by atoms with Crippen LogP contribution in [0.15, 0.2) is 24.3 Å². The average molecular weight is 739 g/mol. The molecule has 0 radical (unpaired) electrons. The average Bonchev–Trinajstić information content (AvgIpc) is 3.95. The highest BCUT2D eigenvalue weighted by Crippen LogP contribution is 2.48. The quantitative estimate of drug-likeness (QED) is 0.272. The maximum atomic E-state index is 14.3. The number of halogens is 2. The highest BCUT2D eigenvalue weighted by Gasteiger charge is 2.66. The molecule has 1 aromatic heterocycles. The number of alkyl carbamates (subject to hydrolysis) is 1. The fourth-order valence-electron chi connectivity index (χ4n) is 6.04. The van der Waals surface area contributed by atoms with Crippen LogP contribution in [-0.2, 0) is 29.1 Å². The summed E-state index contributed by atoms with van der Waals surface area (Å²) in [5, 5.41) is 17.0. The van der Waals surface area contributed by atoms with Gasteiger partial charge in [0.25, 0.3) is 5.91 Å². The molecule has 3 aliphatic rings. The normalized spacial score (nSPS) is 24.4. The molecule has 280 valence electrons. The molecule has 6 atom stereocenters. The molecule has 1 aliphatic heterocycles. The lowest BCUT2D eigenvalue weighted by atomic mass is 9.97. The van der Waals surface area contributed by atoms with E-state index >= 15 is 0 Å². The highest BCUT2D eigenvalue weighted by molar-refractivity contribution is 7.91. The minimum Gasteiger partial charge on any atom is -0.497 e. The zero-order valence-corrected chi connectivity index (χ0v) is 30.1. The molecule has 16 nitrogen and oxygen atoms in total. The summed E-state index contributed by atoms with van der Waals surface area (Å²) in [5.74, 6) is -4.10. The Hall–Kier alpha value is -4.42. The molecular weight excluding hydrogens is 694 g/mol. The minimum absolute atomic E-state index is 0.118. The van der Waals surface area contributed by atoms with Crippen molar-refractivity contribution in [3.8, 4) is 17.1 Å². The van der Waals surface area contributed by atoms with Gasteiger partial charge in [0.1, 0.15) is 29.0 Å². The number of aromatic nitrogens is 4. The van der Waals surface area contributed by atoms with E-state index in [0.29, 0.717) is 30.6 Å². The number of tetrazole rings is 1. The SMILES string of the molecule is CCC(C)[C@H](NC(=O)OC(C)(C)C)C(=O)N1C[C@H](n2nnc(-c3ccc(OC)cc3)n2)CC1C(=O)N[C@]1(C(=O)NS(=O)(=O)C2CC2)C[C@H]1C(F)F. The van der Waals surface area contributed by atoms with Crippen LogP contribution >= 0.6 is 0 Å². The first kappa shape index (κ1) is 37.8. The van der Waals surface area contributed by atoms with Gasteiger partial charge in [0, 0.05) is 18.5 Å². The van der Waals surface area contributed by atoms with Crippen molar-refractivity contribution in [3.63, 3.8) is 0 Å². The fourth-order valence-corrected chi connectivity index (χ4v) is 7.41. The first-order chi connectivity index (χ1) is 23.9. The summed E-state index contributed by atoms with van der Waals surface area (Å²) in [4.78, 5) is 56.9. The van der Waals surface area contributed by atoms with Crippen LogP contribution in [0.25, 0.3) is 11.4 Å². The largest absolute Gasteiger partial charge is 0.497 e. The Morgan fingerprint density at radius 2 is 1.78 bits per heavy atom. The molecule has 4 amide bonds. The van der Waals surface area contributed by atoms with Crippen molar-refractivity contribution in [3.05, 3.63) is 24.3 Å². The van der Waals surface area contributed by atoms with Crippen molar-refractivity contribution in [1.82, 2.24) is 40.5 Å². The molecule has 3 fully saturated rings. The lowest BCUT2D eigenvalue weighted by Gasteiger charge is -2.32. The van der Waals surface area contributed by atoms with E-state index in [2.05, 4.69) is 26.0 Å². The third-order valence-electron chi connectivity index (χ3n) is 9.39. The van der Waals surface area contributed by atoms with Crippen LogP contribution in [0.1, 0.15) is 72.8 Å². The third kappa shape index (κ3) is 8.39. The van der Waals surface area contributed by atoms with Crippen LogP contribution in [0.5, 0.6) is 5.75 Å². The number of hydrogen-bond donors (Lipinski definition) is 3. The number of nitrogens with zero attached hydrogens (tertiary/aromatic N) is 5. The summed E-state index contributed by atoms with van der Waals surface area (Å²) in [7, 11) is -2.59. The number of likely N-dealkylation sites (tertiary alicyclic amines) is 1. The number of sulfonamides is 1. The molecule has 1 aromatic carbocycles. The summed E-state index contributed by atoms with van der Waals surface area (Å²) in [5.41, 5.74) is -2.47. The molecule has 2 aliphatic carbocycles. The lowest BCUT2D eigenvalue weighted by Crippen LogP contribution is -2.59. The van der Waals surface area contributed by atoms with E-state index in [1.807, 2.05) is 11.6 Å². The number of amides is 4. The lowest BCUT2D eigenvalue weighted by molar-refractivity contribution is -0.142. The Kier molecular flexibility index (Phi) is 10.6. The van der Waals surface area contributed by atoms with Crippen LogP contribution < -0.4 is 20.1 Å². The molecule has 2 unspecified atom stereocenters. The van der Waals surface area contributed by atoms with Gasteiger partial charge in [-0.1, -0.05) is 20.3 Å². The van der Waals surface area contributed by atoms with Crippen LogP contribution in [0, 0.1) is 11.8 Å². The summed E-state index contributed by atoms with van der Waals surface area (Å²) in [6.45, 7) is 8.39. The minimum atomic E-state index is -4.12. The number of carbonyl (C=O) groups is 4. The maximum Gasteiger partial charge on any atom is 0.408 e. The summed E-state index contributed by atoms with van der Waals surface area (Å²) in [6.07, 6.45) is -3.42. The van der Waals surface area contributed by atoms with E-state index in [4.69, 9.17) is 9.47 Å². The van der Waals surface area contributed by atoms with Crippen molar-refractivity contribution < 1.29 is 45.9 Å². The van der Waals surface area contributed by atoms with Gasteiger partial charge in [-0.15, -0.1) is 10.2 Å². The van der Waals surface area contributed by atoms with Gasteiger partial charge in [-0.2, -0.15) is 4.80 Å². The van der Waals surface area contributed by atoms with E-state index in [0.717, 1.165) is 0 Å². The second kappa shape index (κ2) is 14.3. The van der Waals surface area contributed by atoms with Gasteiger partial charge in [-0.25, -0.2) is 22.0 Å². The second-order valence-corrected chi connectivity index (χ2v) is 16.3. The Bertz CT molecular complexity index is 1750. The molecular formula is C32H44F2N8O8S. The van der Waals surface area contributed by atoms with E-state index in [1.165, 1.54) is 16.8 Å². The number of nitrogens with one attached hydrogen (secondary N) is 3. The first-order valence-corrected chi connectivity index (χ1v) is 18.3. The van der Waals surface area contributed by atoms with E-state index in [-0.39, 0.29) is 18.8 Å². The Morgan fingerprint density at radius 3 is 2.33 bits per heavy atom. The molecule has 19 heteroatoms. The van der Waals surface area contributed by atoms with Crippen molar-refractivity contribution in [1.29, 1.82) is 0 Å². The van der Waals surface area contributed by atoms with Gasteiger partial charge < -0.3 is 25.0 Å². The van der Waals surface area contributed by atoms with Crippen molar-refractivity contribution in [2.24, 2.45) is 11.8 Å². The Labute approximate surface area is 294 Å². The molecule has 2 saturated carbocycles. The number of benzene rings is 1. The monoisotopic (exact) mass is 738 g/mol. The molecule has 2 aromatic rings. The number of hydrogen-bond acceptors (Lipinski definition) is 11. The maximum absolute atomic E-state index is 14.3. The standard InChI is InChI=1S/C32H44F2N8O8S/c1-7-17(2)24(35-30(46)50-31(3,4)5)28(44)41-16-19(42-38-26(37-40-42)18-8-10-20(49-6)11-9-18)14-23(41)27(43)36-32(15-22(32)25(33)34)29(45)39-51(47,48)21-12-13-21/h8-11,17,19,21-25H,7,12-16H2,1-6H3,(H,35,46)(H,36,43)(H,39,45)/t17?,19-,22+,23?,24+,32-/m1/s1. The topological polar surface area (TPSA) is 204 Å². The van der Waals surface area contributed by atoms with Crippen molar-refractivity contribution in [2.75, 3.05) is 13.7 Å². The molecule has 1 saturated heterocycles. The highest BCUT2D eigenvalue weighted by atomic mass is 32.2. The third-order valence-corrected chi connectivity index (χ3v) is 11.2.